The van der Waals surface area contributed by atoms with E-state index < -0.39 is 0 Å². The zero-order valence-electron chi connectivity index (χ0n) is 81.0. The second-order valence-corrected chi connectivity index (χ2v) is 40.1. The van der Waals surface area contributed by atoms with Gasteiger partial charge in [-0.2, -0.15) is 0 Å². The first-order chi connectivity index (χ1) is 61.2. The summed E-state index contributed by atoms with van der Waals surface area (Å²) < 4.78 is 18.7. The Morgan fingerprint density at radius 2 is 0.636 bits per heavy atom. The summed E-state index contributed by atoms with van der Waals surface area (Å²) >= 11 is 1.72. The average molecular weight is 1740 g/mol. The normalized spacial score (nSPS) is 12.1. The summed E-state index contributed by atoms with van der Waals surface area (Å²) in [5, 5.41) is 7.87. The van der Waals surface area contributed by atoms with Gasteiger partial charge in [-0.25, -0.2) is 0 Å². The molecule has 0 fully saturated rings. The van der Waals surface area contributed by atoms with Crippen molar-refractivity contribution in [3.8, 4) is 11.5 Å². The number of fused-ring (bicyclic) bond motifs is 12. The maximum absolute atomic E-state index is 13.0. The Balaban J connectivity index is 0.000000132. The van der Waals surface area contributed by atoms with Crippen molar-refractivity contribution in [2.75, 3.05) is 11.9 Å². The minimum Gasteiger partial charge on any atom is -0.456 e. The third kappa shape index (κ3) is 20.1. The van der Waals surface area contributed by atoms with Crippen LogP contribution in [0.15, 0.2) is 247 Å². The predicted molar refractivity (Wildman–Crippen MR) is 556 cm³/mol. The number of benzene rings is 12. The SMILES string of the molecule is CC(C)c1ccc2c(=O)c3cc(C(C)C)ccc3[nH]c2c1.CC(C)c1ccc2c(=O)c3cc(C(C)C)ccc3oc2c1.CC(C)c1ccc2c(=O)c3cc(C(C)C)ccc3sc2c1.CC(C)c1ccc2c(c1)Oc1ccc(C(C)C)cc1N2C.CC(C)c1ccc2c(c1)c(=O)c1ccc(C(C)C)cc1n2C.CCn1c2ccc(C(C)C)cc2c(=O)c2ccc(C(C)C)cc21. The Morgan fingerprint density at radius 1 is 0.264 bits per heavy atom. The second kappa shape index (κ2) is 39.5. The summed E-state index contributed by atoms with van der Waals surface area (Å²) in [6.07, 6.45) is 0. The van der Waals surface area contributed by atoms with Gasteiger partial charge in [0.1, 0.15) is 11.2 Å². The van der Waals surface area contributed by atoms with Gasteiger partial charge in [0.15, 0.2) is 33.2 Å². The van der Waals surface area contributed by atoms with E-state index in [-0.39, 0.29) is 27.1 Å². The fourth-order valence-corrected chi connectivity index (χ4v) is 18.1. The van der Waals surface area contributed by atoms with Crippen LogP contribution in [-0.2, 0) is 13.6 Å². The number of aromatic amines is 1. The van der Waals surface area contributed by atoms with Crippen LogP contribution in [0.25, 0.3) is 108 Å². The molecule has 5 aromatic heterocycles. The first-order valence-electron chi connectivity index (χ1n) is 46.7. The van der Waals surface area contributed by atoms with E-state index in [0.717, 1.165) is 121 Å². The Morgan fingerprint density at radius 3 is 1.19 bits per heavy atom. The minimum absolute atomic E-state index is 0.0593. The first kappa shape index (κ1) is 94.6. The highest BCUT2D eigenvalue weighted by Crippen LogP contribution is 2.48. The third-order valence-electron chi connectivity index (χ3n) is 25.9. The van der Waals surface area contributed by atoms with Crippen molar-refractivity contribution < 1.29 is 9.15 Å². The molecule has 0 aliphatic carbocycles. The van der Waals surface area contributed by atoms with Gasteiger partial charge in [0, 0.05) is 78.6 Å². The number of nitrogens with one attached hydrogen (secondary N) is 1. The molecule has 0 saturated carbocycles. The molecule has 11 nitrogen and oxygen atoms in total. The fraction of sp³-hybridized carbons (Fsp3) is 0.342. The molecule has 0 saturated heterocycles. The molecule has 0 bridgehead atoms. The van der Waals surface area contributed by atoms with Gasteiger partial charge < -0.3 is 28.2 Å². The number of hydrogen-bond acceptors (Lipinski definition) is 9. The lowest BCUT2D eigenvalue weighted by Crippen LogP contribution is -2.16. The van der Waals surface area contributed by atoms with Gasteiger partial charge in [0.2, 0.25) is 5.43 Å². The molecular weight excluding hydrogens is 1610 g/mol. The van der Waals surface area contributed by atoms with Gasteiger partial charge in [-0.3, -0.25) is 24.0 Å². The van der Waals surface area contributed by atoms with Crippen molar-refractivity contribution in [1.82, 2.24) is 14.1 Å². The summed E-state index contributed by atoms with van der Waals surface area (Å²) in [7, 11) is 4.16. The molecule has 1 aliphatic heterocycles. The number of rotatable bonds is 13. The smallest absolute Gasteiger partial charge is 0.200 e. The molecule has 0 unspecified atom stereocenters. The van der Waals surface area contributed by atoms with E-state index in [4.69, 9.17) is 9.15 Å². The molecule has 17 aromatic rings. The quantitative estimate of drug-likeness (QED) is 0.113. The standard InChI is InChI=1S/C21H25NO.C20H23NO.C19H23NO.C19H21NO.C19H20O2.C19H20OS/c1-6-22-19-10-8-15(13(2)3)11-18(19)21(23)17-9-7-16(14(4)5)12-20(17)22;1-12(2)14-7-9-18-17(10-14)20(22)16-8-6-15(13(3)4)11-19(16)21(18)5;1-12(2)14-7-9-18-17(10-14)20(5)16-8-6-15(13(3)4)11-19(16)21-18;1-11(2)13-6-8-17-16(9-13)19(21)15-7-5-14(12(3)4)10-18(15)20-17;2*1-11(2)13-6-8-17-16(9-13)19(20)15-7-5-14(12(3)4)10-18(15)21-17/h7-14H,6H2,1-5H3;6-13H,1-5H3;6-13H,1-5H3;5-12H,1-4H3,(H,20,21);2*5-12H,1-4H3. The van der Waals surface area contributed by atoms with Gasteiger partial charge in [0.05, 0.1) is 49.7 Å². The predicted octanol–water partition coefficient (Wildman–Crippen LogP) is 31.9. The number of hydrogen-bond donors (Lipinski definition) is 1. The van der Waals surface area contributed by atoms with Crippen molar-refractivity contribution in [2.45, 2.75) is 251 Å². The highest BCUT2D eigenvalue weighted by atomic mass is 32.1. The van der Waals surface area contributed by atoms with Crippen LogP contribution < -0.4 is 36.8 Å². The Hall–Kier alpha value is -12.0. The Labute approximate surface area is 765 Å². The maximum atomic E-state index is 13.0. The van der Waals surface area contributed by atoms with E-state index in [0.29, 0.717) is 93.0 Å². The lowest BCUT2D eigenvalue weighted by Gasteiger charge is -2.31. The molecule has 129 heavy (non-hydrogen) atoms. The van der Waals surface area contributed by atoms with Gasteiger partial charge in [-0.15, -0.1) is 11.3 Å². The number of anilines is 2. The highest BCUT2D eigenvalue weighted by Gasteiger charge is 2.25. The van der Waals surface area contributed by atoms with Crippen LogP contribution in [0.5, 0.6) is 11.5 Å². The van der Waals surface area contributed by atoms with Crippen molar-refractivity contribution in [2.24, 2.45) is 7.05 Å². The molecule has 0 atom stereocenters. The Kier molecular flexibility index (Phi) is 29.0. The highest BCUT2D eigenvalue weighted by molar-refractivity contribution is 7.24. The van der Waals surface area contributed by atoms with Crippen LogP contribution in [0.4, 0.5) is 11.4 Å². The number of pyridine rings is 3. The maximum Gasteiger partial charge on any atom is 0.200 e. The van der Waals surface area contributed by atoms with E-state index in [9.17, 15) is 24.0 Å². The van der Waals surface area contributed by atoms with Crippen molar-refractivity contribution in [3.05, 3.63) is 336 Å². The van der Waals surface area contributed by atoms with Gasteiger partial charge in [0.25, 0.3) is 0 Å². The van der Waals surface area contributed by atoms with Crippen molar-refractivity contribution in [1.29, 1.82) is 0 Å². The largest absolute Gasteiger partial charge is 0.456 e. The van der Waals surface area contributed by atoms with Crippen LogP contribution in [0.1, 0.15) is 311 Å². The summed E-state index contributed by atoms with van der Waals surface area (Å²) in [4.78, 5) is 69.7. The van der Waals surface area contributed by atoms with Crippen LogP contribution >= 0.6 is 11.3 Å². The van der Waals surface area contributed by atoms with Crippen LogP contribution in [0.3, 0.4) is 0 Å². The van der Waals surface area contributed by atoms with E-state index in [1.165, 1.54) is 61.2 Å². The summed E-state index contributed by atoms with van der Waals surface area (Å²) in [5.74, 6) is 7.30. The van der Waals surface area contributed by atoms with Crippen molar-refractivity contribution >= 4 is 130 Å². The number of aromatic nitrogens is 3. The molecule has 12 aromatic carbocycles. The molecule has 18 rings (SSSR count). The zero-order valence-corrected chi connectivity index (χ0v) is 81.8. The van der Waals surface area contributed by atoms with E-state index in [1.807, 2.05) is 79.8 Å². The topological polar surface area (TPSA) is 137 Å². The van der Waals surface area contributed by atoms with Gasteiger partial charge in [-0.1, -0.05) is 239 Å². The average Bonchev–Trinajstić information content (AvgIpc) is 0.778. The summed E-state index contributed by atoms with van der Waals surface area (Å²) in [5.41, 5.74) is 25.1. The zero-order chi connectivity index (χ0) is 93.3. The number of aryl methyl sites for hydroxylation is 2. The second-order valence-electron chi connectivity index (χ2n) is 39.0. The monoisotopic (exact) mass is 1740 g/mol. The number of ether oxygens (including phenoxy) is 1. The van der Waals surface area contributed by atoms with Gasteiger partial charge in [-0.05, 0) is 290 Å². The van der Waals surface area contributed by atoms with E-state index >= 15 is 0 Å². The van der Waals surface area contributed by atoms with Gasteiger partial charge >= 0.3 is 0 Å². The summed E-state index contributed by atoms with van der Waals surface area (Å²) in [6, 6.07) is 74.7. The molecule has 0 amide bonds. The van der Waals surface area contributed by atoms with E-state index in [2.05, 4.69) is 345 Å². The molecule has 1 N–H and O–H groups in total. The molecule has 6 heterocycles. The minimum atomic E-state index is 0.0593. The van der Waals surface area contributed by atoms with E-state index in [1.54, 1.807) is 11.3 Å². The Bertz CT molecular complexity index is 7050. The van der Waals surface area contributed by atoms with Crippen LogP contribution in [0.2, 0.25) is 0 Å². The van der Waals surface area contributed by atoms with Crippen LogP contribution in [-0.4, -0.2) is 21.2 Å². The molecule has 668 valence electrons. The molecule has 0 spiro atoms. The lowest BCUT2D eigenvalue weighted by atomic mass is 9.97. The molecule has 0 radical (unpaired) electrons. The van der Waals surface area contributed by atoms with Crippen molar-refractivity contribution in [3.63, 3.8) is 0 Å². The molecule has 12 heteroatoms. The number of H-pyrrole nitrogens is 1. The van der Waals surface area contributed by atoms with Crippen LogP contribution in [0, 0.1) is 0 Å². The third-order valence-corrected chi connectivity index (χ3v) is 27.0. The fourth-order valence-electron chi connectivity index (χ4n) is 17.0. The summed E-state index contributed by atoms with van der Waals surface area (Å²) in [6.45, 7) is 55.0. The lowest BCUT2D eigenvalue weighted by molar-refractivity contribution is 0.474. The number of nitrogens with zero attached hydrogens (tertiary/aromatic N) is 3. The molecular formula is C117H132N4O7S. The molecule has 1 aliphatic rings. The first-order valence-corrected chi connectivity index (χ1v) is 47.5.